The Kier molecular flexibility index (Phi) is 13.9. The fourth-order valence-electron chi connectivity index (χ4n) is 1.53. The lowest BCUT2D eigenvalue weighted by atomic mass is 10.1. The lowest BCUT2D eigenvalue weighted by Gasteiger charge is -2.08. The van der Waals surface area contributed by atoms with Crippen molar-refractivity contribution < 1.29 is 9.32 Å². The minimum atomic E-state index is 0.158. The van der Waals surface area contributed by atoms with Gasteiger partial charge in [-0.15, -0.1) is 0 Å². The Balaban J connectivity index is 3.68. The highest BCUT2D eigenvalue weighted by Gasteiger charge is 2.00. The predicted octanol–water partition coefficient (Wildman–Crippen LogP) is 4.06. The zero-order chi connectivity index (χ0) is 13.5. The Hall–Kier alpha value is -0.640. The Bertz CT molecular complexity index is 276. The van der Waals surface area contributed by atoms with E-state index in [4.69, 9.17) is 4.52 Å². The Morgan fingerprint density at radius 2 is 2.11 bits per heavy atom. The number of allylic oxidation sites excluding steroid dienone is 1. The molecule has 0 aliphatic carbocycles. The highest BCUT2D eigenvalue weighted by atomic mass is 31.0. The Morgan fingerprint density at radius 3 is 2.78 bits per heavy atom. The largest absolute Gasteiger partial charge is 0.358 e. The second-order valence-corrected chi connectivity index (χ2v) is 4.54. The van der Waals surface area contributed by atoms with E-state index in [1.54, 1.807) is 0 Å². The van der Waals surface area contributed by atoms with Crippen molar-refractivity contribution in [2.24, 2.45) is 0 Å². The van der Waals surface area contributed by atoms with E-state index in [1.165, 1.54) is 19.3 Å². The molecule has 0 N–H and O–H groups in total. The maximum Gasteiger partial charge on any atom is 0.119 e. The first-order valence-corrected chi connectivity index (χ1v) is 7.26. The van der Waals surface area contributed by atoms with Gasteiger partial charge in [-0.05, 0) is 31.4 Å². The molecular formula is C15H25O2P. The molecule has 0 aliphatic heterocycles. The van der Waals surface area contributed by atoms with Gasteiger partial charge in [0.25, 0.3) is 0 Å². The summed E-state index contributed by atoms with van der Waals surface area (Å²) >= 11 is 0. The van der Waals surface area contributed by atoms with Crippen LogP contribution in [0.4, 0.5) is 0 Å². The van der Waals surface area contributed by atoms with E-state index in [2.05, 4.69) is 28.2 Å². The summed E-state index contributed by atoms with van der Waals surface area (Å²) in [5.41, 5.74) is 0. The van der Waals surface area contributed by atoms with Crippen LogP contribution in [0.3, 0.4) is 0 Å². The molecule has 0 spiro atoms. The van der Waals surface area contributed by atoms with Crippen molar-refractivity contribution in [3.8, 4) is 11.8 Å². The maximum atomic E-state index is 10.1. The van der Waals surface area contributed by atoms with Gasteiger partial charge in [0, 0.05) is 22.3 Å². The van der Waals surface area contributed by atoms with Gasteiger partial charge < -0.3 is 9.32 Å². The van der Waals surface area contributed by atoms with Gasteiger partial charge in [0.2, 0.25) is 0 Å². The predicted molar refractivity (Wildman–Crippen MR) is 80.2 cm³/mol. The average Bonchev–Trinajstić information content (AvgIpc) is 2.40. The van der Waals surface area contributed by atoms with Crippen LogP contribution in [0.25, 0.3) is 0 Å². The normalized spacial score (nSPS) is 12.1. The minimum absolute atomic E-state index is 0.158. The van der Waals surface area contributed by atoms with Crippen molar-refractivity contribution >= 4 is 15.8 Å². The average molecular weight is 268 g/mol. The van der Waals surface area contributed by atoms with Crippen LogP contribution in [0.15, 0.2) is 12.2 Å². The third-order valence-electron chi connectivity index (χ3n) is 2.64. The number of carbonyl (C=O) groups excluding carboxylic acids is 1. The topological polar surface area (TPSA) is 26.3 Å². The summed E-state index contributed by atoms with van der Waals surface area (Å²) in [4.78, 5) is 10.1. The second kappa shape index (κ2) is 14.4. The molecule has 3 heteroatoms. The van der Waals surface area contributed by atoms with E-state index in [0.29, 0.717) is 6.42 Å². The van der Waals surface area contributed by atoms with Gasteiger partial charge in [0.05, 0.1) is 6.10 Å². The summed E-state index contributed by atoms with van der Waals surface area (Å²) < 4.78 is 5.28. The van der Waals surface area contributed by atoms with E-state index in [1.807, 2.05) is 12.2 Å². The smallest absolute Gasteiger partial charge is 0.119 e. The molecule has 0 aliphatic rings. The zero-order valence-electron chi connectivity index (χ0n) is 11.4. The van der Waals surface area contributed by atoms with Crippen LogP contribution in [-0.4, -0.2) is 12.4 Å². The van der Waals surface area contributed by atoms with Gasteiger partial charge in [0.15, 0.2) is 0 Å². The monoisotopic (exact) mass is 268 g/mol. The molecule has 0 aromatic carbocycles. The third-order valence-corrected chi connectivity index (χ3v) is 2.99. The Morgan fingerprint density at radius 1 is 1.28 bits per heavy atom. The molecule has 0 bridgehead atoms. The van der Waals surface area contributed by atoms with Crippen LogP contribution in [-0.2, 0) is 9.32 Å². The van der Waals surface area contributed by atoms with E-state index < -0.39 is 0 Å². The van der Waals surface area contributed by atoms with Crippen molar-refractivity contribution in [2.45, 2.75) is 64.4 Å². The van der Waals surface area contributed by atoms with Crippen LogP contribution in [0, 0.1) is 11.8 Å². The molecule has 18 heavy (non-hydrogen) atoms. The van der Waals surface area contributed by atoms with E-state index in [-0.39, 0.29) is 6.10 Å². The molecule has 2 nitrogen and oxygen atoms in total. The summed E-state index contributed by atoms with van der Waals surface area (Å²) in [6.07, 6.45) is 13.2. The van der Waals surface area contributed by atoms with Crippen LogP contribution in [0.2, 0.25) is 0 Å². The summed E-state index contributed by atoms with van der Waals surface area (Å²) in [7, 11) is 2.32. The highest BCUT2D eigenvalue weighted by Crippen LogP contribution is 2.10. The van der Waals surface area contributed by atoms with Gasteiger partial charge in [-0.3, -0.25) is 0 Å². The van der Waals surface area contributed by atoms with E-state index in [9.17, 15) is 4.79 Å². The number of unbranched alkanes of at least 4 members (excludes halogenated alkanes) is 5. The first-order valence-electron chi connectivity index (χ1n) is 6.79. The molecule has 0 fully saturated rings. The lowest BCUT2D eigenvalue weighted by Crippen LogP contribution is -2.02. The molecule has 0 saturated carbocycles. The molecule has 102 valence electrons. The standard InChI is InChI=1S/C15H25O2P/c1-2-3-9-12-15(17-18)13-10-7-5-4-6-8-11-14-16/h10,13-15H,2-4,6,8-9,11-12,18H2,1H3/b13-10+. The van der Waals surface area contributed by atoms with Crippen LogP contribution in [0.5, 0.6) is 0 Å². The molecule has 0 aromatic rings. The number of carbonyl (C=O) groups is 1. The van der Waals surface area contributed by atoms with Crippen LogP contribution < -0.4 is 0 Å². The number of hydrogen-bond acceptors (Lipinski definition) is 2. The molecule has 0 radical (unpaired) electrons. The first kappa shape index (κ1) is 17.4. The highest BCUT2D eigenvalue weighted by molar-refractivity contribution is 7.09. The van der Waals surface area contributed by atoms with Crippen molar-refractivity contribution in [2.75, 3.05) is 0 Å². The van der Waals surface area contributed by atoms with Gasteiger partial charge in [0.1, 0.15) is 6.29 Å². The lowest BCUT2D eigenvalue weighted by molar-refractivity contribution is -0.107. The van der Waals surface area contributed by atoms with Gasteiger partial charge in [-0.1, -0.05) is 38.0 Å². The molecule has 2 unspecified atom stereocenters. The summed E-state index contributed by atoms with van der Waals surface area (Å²) in [6.45, 7) is 2.20. The number of hydrogen-bond donors (Lipinski definition) is 0. The number of rotatable bonds is 10. The van der Waals surface area contributed by atoms with Crippen LogP contribution in [0.1, 0.15) is 58.3 Å². The summed E-state index contributed by atoms with van der Waals surface area (Å²) in [6, 6.07) is 0. The zero-order valence-corrected chi connectivity index (χ0v) is 12.5. The first-order chi connectivity index (χ1) is 8.85. The van der Waals surface area contributed by atoms with Crippen molar-refractivity contribution in [3.63, 3.8) is 0 Å². The minimum Gasteiger partial charge on any atom is -0.358 e. The van der Waals surface area contributed by atoms with E-state index >= 15 is 0 Å². The molecule has 0 saturated heterocycles. The van der Waals surface area contributed by atoms with Gasteiger partial charge in [-0.2, -0.15) is 0 Å². The molecule has 0 heterocycles. The van der Waals surface area contributed by atoms with Gasteiger partial charge in [-0.25, -0.2) is 0 Å². The molecule has 0 amide bonds. The fourth-order valence-corrected chi connectivity index (χ4v) is 1.76. The summed E-state index contributed by atoms with van der Waals surface area (Å²) in [5.74, 6) is 6.09. The van der Waals surface area contributed by atoms with Crippen molar-refractivity contribution in [1.29, 1.82) is 0 Å². The quantitative estimate of drug-likeness (QED) is 0.258. The van der Waals surface area contributed by atoms with Crippen LogP contribution >= 0.6 is 9.47 Å². The van der Waals surface area contributed by atoms with Crippen molar-refractivity contribution in [1.82, 2.24) is 0 Å². The molecular weight excluding hydrogens is 243 g/mol. The summed E-state index contributed by atoms with van der Waals surface area (Å²) in [5, 5.41) is 0. The second-order valence-electron chi connectivity index (χ2n) is 4.26. The molecule has 2 atom stereocenters. The van der Waals surface area contributed by atoms with Crippen molar-refractivity contribution in [3.05, 3.63) is 12.2 Å². The number of aldehydes is 1. The fraction of sp³-hybridized carbons (Fsp3) is 0.667. The SMILES string of the molecule is CCCCCC(/C=C/C#CCCCCC=O)OP. The third kappa shape index (κ3) is 11.8. The maximum absolute atomic E-state index is 10.1. The van der Waals surface area contributed by atoms with E-state index in [0.717, 1.165) is 32.0 Å². The van der Waals surface area contributed by atoms with Gasteiger partial charge >= 0.3 is 0 Å². The molecule has 0 rings (SSSR count). The Labute approximate surface area is 114 Å². The molecule has 0 aromatic heterocycles.